The molecule has 0 radical (unpaired) electrons. The van der Waals surface area contributed by atoms with Crippen LogP contribution in [0.5, 0.6) is 0 Å². The lowest BCUT2D eigenvalue weighted by Crippen LogP contribution is -2.11. The lowest BCUT2D eigenvalue weighted by atomic mass is 10.5. The molecule has 0 spiro atoms. The number of hydrogen-bond donors (Lipinski definition) is 0. The van der Waals surface area contributed by atoms with E-state index in [-0.39, 0.29) is 19.8 Å². The van der Waals surface area contributed by atoms with Crippen LogP contribution < -0.4 is 0 Å². The van der Waals surface area contributed by atoms with E-state index in [2.05, 4.69) is 47.8 Å². The number of rotatable bonds is 12. The van der Waals surface area contributed by atoms with Gasteiger partial charge in [0.1, 0.15) is 0 Å². The van der Waals surface area contributed by atoms with E-state index in [0.29, 0.717) is 19.3 Å². The summed E-state index contributed by atoms with van der Waals surface area (Å²) in [6.07, 6.45) is 1.01. The molecule has 0 rings (SSSR count). The van der Waals surface area contributed by atoms with Crippen molar-refractivity contribution in [2.24, 2.45) is 0 Å². The first-order valence-electron chi connectivity index (χ1n) is 5.68. The quantitative estimate of drug-likeness (QED) is 0.158. The molecule has 134 valence electrons. The minimum absolute atomic E-state index is 0.229. The summed E-state index contributed by atoms with van der Waals surface area (Å²) in [7, 11) is -1.63. The molecule has 0 unspecified atom stereocenters. The SMILES string of the molecule is ClC(Cl)(Br)CCOP(OCCC(Cl)(Cl)Br)OCCC(Cl)(Cl)Br. The predicted octanol–water partition coefficient (Wildman–Crippen LogP) is 8.01. The Bertz CT molecular complexity index is 263. The molecule has 0 aromatic heterocycles. The number of alkyl halides is 9. The molecule has 0 atom stereocenters. The van der Waals surface area contributed by atoms with E-state index in [4.69, 9.17) is 83.2 Å². The second-order valence-electron chi connectivity index (χ2n) is 3.82. The van der Waals surface area contributed by atoms with E-state index in [1.807, 2.05) is 0 Å². The molecule has 0 fully saturated rings. The van der Waals surface area contributed by atoms with Gasteiger partial charge in [-0.05, 0) is 47.8 Å². The van der Waals surface area contributed by atoms with Crippen molar-refractivity contribution in [2.45, 2.75) is 29.0 Å². The Hall–Kier alpha value is 3.49. The molecular weight excluding hydrogens is 640 g/mol. The van der Waals surface area contributed by atoms with Crippen LogP contribution in [0.2, 0.25) is 0 Å². The van der Waals surface area contributed by atoms with Gasteiger partial charge < -0.3 is 13.6 Å². The second-order valence-corrected chi connectivity index (χ2v) is 16.3. The minimum atomic E-state index is -1.63. The highest BCUT2D eigenvalue weighted by molar-refractivity contribution is 9.11. The van der Waals surface area contributed by atoms with E-state index in [1.54, 1.807) is 0 Å². The minimum Gasteiger partial charge on any atom is -0.312 e. The molecule has 0 saturated heterocycles. The molecule has 22 heavy (non-hydrogen) atoms. The Morgan fingerprint density at radius 1 is 0.591 bits per heavy atom. The molecule has 0 N–H and O–H groups in total. The normalized spacial score (nSPS) is 13.9. The largest absolute Gasteiger partial charge is 0.332 e. The average Bonchev–Trinajstić information content (AvgIpc) is 2.23. The van der Waals surface area contributed by atoms with Crippen LogP contribution in [0.1, 0.15) is 19.3 Å². The molecule has 0 saturated carbocycles. The van der Waals surface area contributed by atoms with Gasteiger partial charge in [0.2, 0.25) is 0 Å². The van der Waals surface area contributed by atoms with E-state index < -0.39 is 18.3 Å². The first-order chi connectivity index (χ1) is 9.79. The summed E-state index contributed by atoms with van der Waals surface area (Å²) in [5.41, 5.74) is 0. The van der Waals surface area contributed by atoms with Gasteiger partial charge in [-0.15, -0.1) is 0 Å². The summed E-state index contributed by atoms with van der Waals surface area (Å²) in [6, 6.07) is 0. The third kappa shape index (κ3) is 19.8. The van der Waals surface area contributed by atoms with Crippen molar-refractivity contribution >= 4 is 126 Å². The van der Waals surface area contributed by atoms with Crippen molar-refractivity contribution < 1.29 is 13.6 Å². The maximum atomic E-state index is 5.79. The van der Waals surface area contributed by atoms with Crippen LogP contribution in [0, 0.1) is 0 Å². The first-order valence-corrected chi connectivity index (χ1v) is 11.4. The van der Waals surface area contributed by atoms with Crippen LogP contribution in [0.15, 0.2) is 0 Å². The molecule has 3 nitrogen and oxygen atoms in total. The van der Waals surface area contributed by atoms with Gasteiger partial charge in [0.05, 0.1) is 19.8 Å². The fourth-order valence-electron chi connectivity index (χ4n) is 0.820. The summed E-state index contributed by atoms with van der Waals surface area (Å²) in [5, 5.41) is 0. The van der Waals surface area contributed by atoms with Gasteiger partial charge in [-0.3, -0.25) is 0 Å². The van der Waals surface area contributed by atoms with Gasteiger partial charge >= 0.3 is 8.60 Å². The Kier molecular flexibility index (Phi) is 14.0. The number of hydrogen-bond acceptors (Lipinski definition) is 3. The van der Waals surface area contributed by atoms with Crippen LogP contribution >= 0.6 is 126 Å². The number of halogens is 9. The first kappa shape index (κ1) is 25.5. The maximum absolute atomic E-state index is 5.79. The van der Waals surface area contributed by atoms with Crippen molar-refractivity contribution in [1.29, 1.82) is 0 Å². The van der Waals surface area contributed by atoms with Crippen molar-refractivity contribution in [2.75, 3.05) is 19.8 Å². The molecular formula is C9H12Br3Cl6O3P. The summed E-state index contributed by atoms with van der Waals surface area (Å²) in [5.74, 6) is 0. The van der Waals surface area contributed by atoms with Crippen molar-refractivity contribution in [3.63, 3.8) is 0 Å². The van der Waals surface area contributed by atoms with Crippen LogP contribution in [0.4, 0.5) is 0 Å². The molecule has 0 aromatic rings. The highest BCUT2D eigenvalue weighted by Crippen LogP contribution is 2.44. The zero-order chi connectivity index (χ0) is 17.4. The molecule has 13 heteroatoms. The molecule has 0 aromatic carbocycles. The summed E-state index contributed by atoms with van der Waals surface area (Å²) in [4.78, 5) is 0. The van der Waals surface area contributed by atoms with E-state index in [9.17, 15) is 0 Å². The molecule has 0 aliphatic rings. The molecule has 0 heterocycles. The van der Waals surface area contributed by atoms with Gasteiger partial charge in [0, 0.05) is 19.3 Å². The maximum Gasteiger partial charge on any atom is 0.332 e. The molecule has 0 bridgehead atoms. The van der Waals surface area contributed by atoms with Crippen LogP contribution in [0.25, 0.3) is 0 Å². The molecule has 0 aliphatic heterocycles. The highest BCUT2D eigenvalue weighted by Gasteiger charge is 2.25. The van der Waals surface area contributed by atoms with Crippen LogP contribution in [0.3, 0.4) is 0 Å². The van der Waals surface area contributed by atoms with Gasteiger partial charge in [0.25, 0.3) is 0 Å². The summed E-state index contributed by atoms with van der Waals surface area (Å²) in [6.45, 7) is 0.686. The Morgan fingerprint density at radius 2 is 0.818 bits per heavy atom. The van der Waals surface area contributed by atoms with Gasteiger partial charge in [-0.25, -0.2) is 0 Å². The van der Waals surface area contributed by atoms with E-state index in [0.717, 1.165) is 0 Å². The Labute approximate surface area is 186 Å². The van der Waals surface area contributed by atoms with Gasteiger partial charge in [-0.2, -0.15) is 0 Å². The van der Waals surface area contributed by atoms with Crippen molar-refractivity contribution in [3.05, 3.63) is 0 Å². The Balaban J connectivity index is 4.19. The van der Waals surface area contributed by atoms with Crippen LogP contribution in [-0.4, -0.2) is 29.5 Å². The van der Waals surface area contributed by atoms with Gasteiger partial charge in [-0.1, -0.05) is 69.6 Å². The fraction of sp³-hybridized carbons (Fsp3) is 1.00. The smallest absolute Gasteiger partial charge is 0.312 e. The third-order valence-corrected chi connectivity index (χ3v) is 5.25. The van der Waals surface area contributed by atoms with E-state index in [1.165, 1.54) is 0 Å². The van der Waals surface area contributed by atoms with Crippen LogP contribution in [-0.2, 0) is 13.6 Å². The molecule has 0 aliphatic carbocycles. The highest BCUT2D eigenvalue weighted by atomic mass is 79.9. The second kappa shape index (κ2) is 12.0. The zero-order valence-corrected chi connectivity index (χ0v) is 21.0. The van der Waals surface area contributed by atoms with E-state index >= 15 is 0 Å². The summed E-state index contributed by atoms with van der Waals surface area (Å²) >= 11 is 44.0. The third-order valence-electron chi connectivity index (χ3n) is 1.75. The molecule has 0 amide bonds. The fourth-order valence-corrected chi connectivity index (χ4v) is 2.71. The van der Waals surface area contributed by atoms with Gasteiger partial charge in [0.15, 0.2) is 9.73 Å². The monoisotopic (exact) mass is 646 g/mol. The zero-order valence-electron chi connectivity index (χ0n) is 10.8. The predicted molar refractivity (Wildman–Crippen MR) is 109 cm³/mol. The lowest BCUT2D eigenvalue weighted by Gasteiger charge is -2.20. The lowest BCUT2D eigenvalue weighted by molar-refractivity contribution is 0.158. The standard InChI is InChI=1S/C9H12Br3Cl6O3P/c10-7(13,14)1-4-19-22(20-5-2-8(11,15)16)21-6-3-9(12,17)18/h1-6H2. The topological polar surface area (TPSA) is 27.7 Å². The Morgan fingerprint density at radius 3 is 1.00 bits per heavy atom. The average molecular weight is 652 g/mol. The summed E-state index contributed by atoms with van der Waals surface area (Å²) < 4.78 is 13.2. The van der Waals surface area contributed by atoms with Crippen molar-refractivity contribution in [1.82, 2.24) is 0 Å². The van der Waals surface area contributed by atoms with Crippen molar-refractivity contribution in [3.8, 4) is 0 Å².